The van der Waals surface area contributed by atoms with Crippen molar-refractivity contribution in [2.75, 3.05) is 20.1 Å². The van der Waals surface area contributed by atoms with Crippen molar-refractivity contribution in [3.63, 3.8) is 0 Å². The zero-order valence-corrected chi connectivity index (χ0v) is 18.0. The average Bonchev–Trinajstić information content (AvgIpc) is 2.72. The van der Waals surface area contributed by atoms with Crippen molar-refractivity contribution in [1.29, 1.82) is 0 Å². The molecule has 0 aliphatic rings. The fourth-order valence-electron chi connectivity index (χ4n) is 2.90. The van der Waals surface area contributed by atoms with Crippen molar-refractivity contribution in [1.82, 2.24) is 9.21 Å². The second-order valence-electron chi connectivity index (χ2n) is 6.67. The maximum atomic E-state index is 13.1. The first-order valence-corrected chi connectivity index (χ1v) is 10.9. The molecular weight excluding hydrogens is 391 g/mol. The van der Waals surface area contributed by atoms with Crippen LogP contribution in [0.2, 0.25) is 0 Å². The fourth-order valence-corrected chi connectivity index (χ4v) is 4.36. The van der Waals surface area contributed by atoms with Gasteiger partial charge in [-0.15, -0.1) is 0 Å². The number of nitrogens with zero attached hydrogens (tertiary/aromatic N) is 2. The van der Waals surface area contributed by atoms with Gasteiger partial charge in [0.05, 0.1) is 10.9 Å². The highest BCUT2D eigenvalue weighted by Crippen LogP contribution is 2.20. The molecule has 1 amide bonds. The Hall–Kier alpha value is -2.51. The molecule has 1 atom stereocenters. The summed E-state index contributed by atoms with van der Waals surface area (Å²) in [6, 6.07) is 12.3. The van der Waals surface area contributed by atoms with Gasteiger partial charge in [-0.1, -0.05) is 38.1 Å². The van der Waals surface area contributed by atoms with Crippen LogP contribution in [0.4, 0.5) is 4.39 Å². The highest BCUT2D eigenvalue weighted by atomic mass is 32.2. The lowest BCUT2D eigenvalue weighted by molar-refractivity contribution is -0.126. The van der Waals surface area contributed by atoms with Gasteiger partial charge in [-0.3, -0.25) is 4.79 Å². The van der Waals surface area contributed by atoms with Crippen molar-refractivity contribution in [2.45, 2.75) is 31.7 Å². The molecule has 0 N–H and O–H groups in total. The molecule has 0 aromatic heterocycles. The summed E-state index contributed by atoms with van der Waals surface area (Å²) in [5.41, 5.74) is 1.56. The maximum Gasteiger partial charge on any atom is 0.246 e. The van der Waals surface area contributed by atoms with E-state index in [1.165, 1.54) is 22.5 Å². The van der Waals surface area contributed by atoms with Crippen LogP contribution in [-0.2, 0) is 14.8 Å². The van der Waals surface area contributed by atoms with Crippen LogP contribution in [0.3, 0.4) is 0 Å². The number of hydrogen-bond acceptors (Lipinski definition) is 3. The third-order valence-electron chi connectivity index (χ3n) is 4.92. The minimum atomic E-state index is -3.50. The summed E-state index contributed by atoms with van der Waals surface area (Å²) in [4.78, 5) is 14.2. The Labute approximate surface area is 172 Å². The summed E-state index contributed by atoms with van der Waals surface area (Å²) in [6.45, 7) is 6.29. The topological polar surface area (TPSA) is 57.7 Å². The van der Waals surface area contributed by atoms with Gasteiger partial charge in [-0.25, -0.2) is 12.8 Å². The molecule has 29 heavy (non-hydrogen) atoms. The zero-order chi connectivity index (χ0) is 21.6. The van der Waals surface area contributed by atoms with E-state index in [-0.39, 0.29) is 22.7 Å². The minimum Gasteiger partial charge on any atom is -0.335 e. The Balaban J connectivity index is 2.09. The van der Waals surface area contributed by atoms with Crippen molar-refractivity contribution >= 4 is 22.0 Å². The molecule has 2 aromatic rings. The lowest BCUT2D eigenvalue weighted by Gasteiger charge is -2.24. The Morgan fingerprint density at radius 3 is 2.10 bits per heavy atom. The first-order chi connectivity index (χ1) is 13.7. The van der Waals surface area contributed by atoms with Crippen LogP contribution in [0.1, 0.15) is 37.9 Å². The van der Waals surface area contributed by atoms with Crippen LogP contribution >= 0.6 is 0 Å². The monoisotopic (exact) mass is 418 g/mol. The fraction of sp³-hybridized carbons (Fsp3) is 0.318. The molecule has 0 aliphatic carbocycles. The normalized spacial score (nSPS) is 13.0. The lowest BCUT2D eigenvalue weighted by Crippen LogP contribution is -2.30. The summed E-state index contributed by atoms with van der Waals surface area (Å²) in [7, 11) is -1.82. The number of carbonyl (C=O) groups is 1. The first kappa shape index (κ1) is 22.8. The summed E-state index contributed by atoms with van der Waals surface area (Å²) in [5.74, 6) is -0.525. The van der Waals surface area contributed by atoms with Gasteiger partial charge in [0.15, 0.2) is 0 Å². The van der Waals surface area contributed by atoms with Crippen LogP contribution in [-0.4, -0.2) is 43.7 Å². The molecule has 2 rings (SSSR count). The van der Waals surface area contributed by atoms with Crippen LogP contribution in [0, 0.1) is 5.82 Å². The van der Waals surface area contributed by atoms with E-state index in [1.54, 1.807) is 68.3 Å². The van der Waals surface area contributed by atoms with Crippen LogP contribution in [0.25, 0.3) is 6.08 Å². The number of benzene rings is 2. The summed E-state index contributed by atoms with van der Waals surface area (Å²) < 4.78 is 39.5. The van der Waals surface area contributed by atoms with Gasteiger partial charge in [-0.05, 0) is 48.4 Å². The molecule has 0 spiro atoms. The molecule has 2 aromatic carbocycles. The van der Waals surface area contributed by atoms with Crippen molar-refractivity contribution in [3.05, 3.63) is 71.6 Å². The van der Waals surface area contributed by atoms with Crippen molar-refractivity contribution in [3.8, 4) is 0 Å². The Morgan fingerprint density at radius 2 is 1.59 bits per heavy atom. The predicted molar refractivity (Wildman–Crippen MR) is 113 cm³/mol. The molecule has 0 fully saturated rings. The number of hydrogen-bond donors (Lipinski definition) is 0. The van der Waals surface area contributed by atoms with Crippen LogP contribution in [0.5, 0.6) is 0 Å². The Bertz CT molecular complexity index is 951. The number of likely N-dealkylation sites (N-methyl/N-ethyl adjacent to an activating group) is 1. The Kier molecular flexibility index (Phi) is 7.70. The van der Waals surface area contributed by atoms with E-state index in [2.05, 4.69) is 0 Å². The van der Waals surface area contributed by atoms with E-state index < -0.39 is 10.0 Å². The van der Waals surface area contributed by atoms with E-state index >= 15 is 0 Å². The quantitative estimate of drug-likeness (QED) is 0.607. The third-order valence-corrected chi connectivity index (χ3v) is 6.99. The second kappa shape index (κ2) is 9.80. The highest BCUT2D eigenvalue weighted by Gasteiger charge is 2.21. The molecule has 0 bridgehead atoms. The predicted octanol–water partition coefficient (Wildman–Crippen LogP) is 4.09. The number of carbonyl (C=O) groups excluding carboxylic acids is 1. The molecule has 7 heteroatoms. The SMILES string of the molecule is CCN(CC)S(=O)(=O)c1ccc(/C=C/C(=O)N(C)C(C)c2ccc(F)cc2)cc1. The van der Waals surface area contributed by atoms with E-state index in [0.29, 0.717) is 13.1 Å². The standard InChI is InChI=1S/C22H27FN2O3S/c1-5-25(6-2)29(27,28)21-14-7-18(8-15-21)9-16-22(26)24(4)17(3)19-10-12-20(23)13-11-19/h7-17H,5-6H2,1-4H3/b16-9+. The summed E-state index contributed by atoms with van der Waals surface area (Å²) in [5, 5.41) is 0. The molecule has 1 unspecified atom stereocenters. The van der Waals surface area contributed by atoms with Gasteiger partial charge < -0.3 is 4.90 Å². The van der Waals surface area contributed by atoms with Crippen molar-refractivity contribution in [2.24, 2.45) is 0 Å². The molecular formula is C22H27FN2O3S. The molecule has 0 aliphatic heterocycles. The van der Waals surface area contributed by atoms with E-state index in [1.807, 2.05) is 6.92 Å². The van der Waals surface area contributed by atoms with Gasteiger partial charge >= 0.3 is 0 Å². The van der Waals surface area contributed by atoms with E-state index in [4.69, 9.17) is 0 Å². The Morgan fingerprint density at radius 1 is 1.03 bits per heavy atom. The minimum absolute atomic E-state index is 0.207. The molecule has 0 heterocycles. The molecule has 0 saturated carbocycles. The van der Waals surface area contributed by atoms with Crippen molar-refractivity contribution < 1.29 is 17.6 Å². The number of amides is 1. The van der Waals surface area contributed by atoms with Gasteiger partial charge in [0.2, 0.25) is 15.9 Å². The summed E-state index contributed by atoms with van der Waals surface area (Å²) in [6.07, 6.45) is 3.08. The van der Waals surface area contributed by atoms with E-state index in [0.717, 1.165) is 11.1 Å². The van der Waals surface area contributed by atoms with Crippen LogP contribution in [0.15, 0.2) is 59.5 Å². The zero-order valence-electron chi connectivity index (χ0n) is 17.2. The van der Waals surface area contributed by atoms with Gasteiger partial charge in [0.25, 0.3) is 0 Å². The van der Waals surface area contributed by atoms with E-state index in [9.17, 15) is 17.6 Å². The highest BCUT2D eigenvalue weighted by molar-refractivity contribution is 7.89. The number of halogens is 1. The maximum absolute atomic E-state index is 13.1. The first-order valence-electron chi connectivity index (χ1n) is 9.51. The van der Waals surface area contributed by atoms with Crippen LogP contribution < -0.4 is 0 Å². The average molecular weight is 419 g/mol. The lowest BCUT2D eigenvalue weighted by atomic mass is 10.1. The van der Waals surface area contributed by atoms with Gasteiger partial charge in [-0.2, -0.15) is 4.31 Å². The molecule has 0 saturated heterocycles. The second-order valence-corrected chi connectivity index (χ2v) is 8.61. The third kappa shape index (κ3) is 5.52. The molecule has 5 nitrogen and oxygen atoms in total. The smallest absolute Gasteiger partial charge is 0.246 e. The van der Waals surface area contributed by atoms with Gasteiger partial charge in [0.1, 0.15) is 5.82 Å². The molecule has 156 valence electrons. The number of rotatable bonds is 8. The summed E-state index contributed by atoms with van der Waals surface area (Å²) >= 11 is 0. The van der Waals surface area contributed by atoms with Gasteiger partial charge in [0, 0.05) is 26.2 Å². The molecule has 0 radical (unpaired) electrons. The largest absolute Gasteiger partial charge is 0.335 e. The number of sulfonamides is 1.